The van der Waals surface area contributed by atoms with Crippen LogP contribution in [0.3, 0.4) is 0 Å². The minimum absolute atomic E-state index is 0.234. The summed E-state index contributed by atoms with van der Waals surface area (Å²) in [6, 6.07) is 25.2. The van der Waals surface area contributed by atoms with Crippen LogP contribution in [0.1, 0.15) is 5.56 Å². The molecule has 1 N–H and O–H groups in total. The number of halogens is 1. The van der Waals surface area contributed by atoms with Crippen LogP contribution in [0.4, 0.5) is 11.4 Å². The molecule has 0 aliphatic carbocycles. The second kappa shape index (κ2) is 7.09. The van der Waals surface area contributed by atoms with E-state index in [0.717, 1.165) is 10.6 Å². The topological polar surface area (TPSA) is 49.4 Å². The average molecular weight is 375 g/mol. The molecule has 0 aromatic heterocycles. The van der Waals surface area contributed by atoms with Crippen molar-refractivity contribution in [3.05, 3.63) is 101 Å². The van der Waals surface area contributed by atoms with Crippen molar-refractivity contribution in [1.29, 1.82) is 0 Å². The van der Waals surface area contributed by atoms with Gasteiger partial charge in [0.15, 0.2) is 0 Å². The summed E-state index contributed by atoms with van der Waals surface area (Å²) in [5, 5.41) is 3.45. The van der Waals surface area contributed by atoms with E-state index >= 15 is 0 Å². The Balaban J connectivity index is 1.84. The van der Waals surface area contributed by atoms with Crippen molar-refractivity contribution in [2.45, 2.75) is 0 Å². The van der Waals surface area contributed by atoms with Crippen LogP contribution in [0.15, 0.2) is 90.6 Å². The predicted molar refractivity (Wildman–Crippen MR) is 107 cm³/mol. The number of para-hydroxylation sites is 2. The maximum Gasteiger partial charge on any atom is 0.282 e. The smallest absolute Gasteiger partial charge is 0.282 e. The predicted octanol–water partition coefficient (Wildman–Crippen LogP) is 4.74. The van der Waals surface area contributed by atoms with Gasteiger partial charge in [0.2, 0.25) is 0 Å². The first-order valence-corrected chi connectivity index (χ1v) is 8.79. The largest absolute Gasteiger partial charge is 0.350 e. The molecule has 132 valence electrons. The number of imide groups is 1. The number of nitrogens with zero attached hydrogens (tertiary/aromatic N) is 1. The quantitative estimate of drug-likeness (QED) is 0.671. The summed E-state index contributed by atoms with van der Waals surface area (Å²) in [6.45, 7) is 0. The maximum absolute atomic E-state index is 13.2. The van der Waals surface area contributed by atoms with Crippen molar-refractivity contribution in [2.75, 3.05) is 10.2 Å². The SMILES string of the molecule is O=C1C(Nc2ccccc2)=C(c2ccccc2)C(=O)N1c1ccccc1Cl. The fraction of sp³-hybridized carbons (Fsp3) is 0. The highest BCUT2D eigenvalue weighted by atomic mass is 35.5. The summed E-state index contributed by atoms with van der Waals surface area (Å²) >= 11 is 6.25. The van der Waals surface area contributed by atoms with Crippen molar-refractivity contribution in [3.63, 3.8) is 0 Å². The number of anilines is 2. The first kappa shape index (κ1) is 17.1. The third kappa shape index (κ3) is 3.11. The molecular formula is C22H15ClN2O2. The molecule has 0 spiro atoms. The Kier molecular flexibility index (Phi) is 4.48. The van der Waals surface area contributed by atoms with E-state index in [1.807, 2.05) is 60.7 Å². The molecule has 0 saturated carbocycles. The van der Waals surface area contributed by atoms with Crippen LogP contribution >= 0.6 is 11.6 Å². The maximum atomic E-state index is 13.2. The molecule has 1 aliphatic rings. The van der Waals surface area contributed by atoms with E-state index in [2.05, 4.69) is 5.32 Å². The Hall–Kier alpha value is -3.37. The molecule has 4 rings (SSSR count). The number of hydrogen-bond donors (Lipinski definition) is 1. The molecule has 0 atom stereocenters. The number of carbonyl (C=O) groups is 2. The van der Waals surface area contributed by atoms with Crippen molar-refractivity contribution in [3.8, 4) is 0 Å². The summed E-state index contributed by atoms with van der Waals surface area (Å²) < 4.78 is 0. The molecule has 0 saturated heterocycles. The van der Waals surface area contributed by atoms with Gasteiger partial charge in [0, 0.05) is 5.69 Å². The van der Waals surface area contributed by atoms with Gasteiger partial charge >= 0.3 is 0 Å². The Morgan fingerprint density at radius 3 is 1.96 bits per heavy atom. The molecule has 27 heavy (non-hydrogen) atoms. The van der Waals surface area contributed by atoms with Gasteiger partial charge in [-0.1, -0.05) is 72.3 Å². The molecule has 4 nitrogen and oxygen atoms in total. The average Bonchev–Trinajstić information content (AvgIpc) is 2.94. The first-order chi connectivity index (χ1) is 13.2. The molecule has 1 heterocycles. The lowest BCUT2D eigenvalue weighted by atomic mass is 10.0. The number of benzene rings is 3. The molecule has 3 aromatic rings. The van der Waals surface area contributed by atoms with Gasteiger partial charge in [-0.15, -0.1) is 0 Å². The number of carbonyl (C=O) groups excluding carboxylic acids is 2. The van der Waals surface area contributed by atoms with Gasteiger partial charge in [-0.05, 0) is 29.8 Å². The number of amides is 2. The van der Waals surface area contributed by atoms with Gasteiger partial charge < -0.3 is 5.32 Å². The molecule has 2 amide bonds. The van der Waals surface area contributed by atoms with E-state index in [-0.39, 0.29) is 5.70 Å². The summed E-state index contributed by atoms with van der Waals surface area (Å²) in [4.78, 5) is 27.5. The van der Waals surface area contributed by atoms with E-state index < -0.39 is 11.8 Å². The number of nitrogens with one attached hydrogen (secondary N) is 1. The first-order valence-electron chi connectivity index (χ1n) is 8.42. The van der Waals surface area contributed by atoms with Crippen LogP contribution < -0.4 is 10.2 Å². The van der Waals surface area contributed by atoms with Crippen LogP contribution in [0.2, 0.25) is 5.02 Å². The van der Waals surface area contributed by atoms with E-state index in [4.69, 9.17) is 11.6 Å². The van der Waals surface area contributed by atoms with Gasteiger partial charge in [-0.3, -0.25) is 9.59 Å². The van der Waals surface area contributed by atoms with E-state index in [1.54, 1.807) is 24.3 Å². The van der Waals surface area contributed by atoms with Gasteiger partial charge in [-0.2, -0.15) is 0 Å². The van der Waals surface area contributed by atoms with Gasteiger partial charge in [0.05, 0.1) is 16.3 Å². The van der Waals surface area contributed by atoms with Crippen molar-refractivity contribution in [1.82, 2.24) is 0 Å². The monoisotopic (exact) mass is 374 g/mol. The Labute approximate surface area is 161 Å². The molecule has 5 heteroatoms. The highest BCUT2D eigenvalue weighted by molar-refractivity contribution is 6.48. The van der Waals surface area contributed by atoms with Gasteiger partial charge in [0.25, 0.3) is 11.8 Å². The highest BCUT2D eigenvalue weighted by Gasteiger charge is 2.40. The molecule has 0 bridgehead atoms. The lowest BCUT2D eigenvalue weighted by Crippen LogP contribution is -2.32. The second-order valence-electron chi connectivity index (χ2n) is 6.00. The molecule has 3 aromatic carbocycles. The van der Waals surface area contributed by atoms with Crippen molar-refractivity contribution >= 4 is 40.4 Å². The lowest BCUT2D eigenvalue weighted by molar-refractivity contribution is -0.120. The van der Waals surface area contributed by atoms with Crippen LogP contribution in [0, 0.1) is 0 Å². The summed E-state index contributed by atoms with van der Waals surface area (Å²) in [7, 11) is 0. The number of rotatable bonds is 4. The normalized spacial score (nSPS) is 14.0. The summed E-state index contributed by atoms with van der Waals surface area (Å²) in [5.41, 5.74) is 2.32. The molecule has 0 radical (unpaired) electrons. The molecule has 0 unspecified atom stereocenters. The fourth-order valence-electron chi connectivity index (χ4n) is 3.04. The van der Waals surface area contributed by atoms with Crippen LogP contribution in [-0.4, -0.2) is 11.8 Å². The second-order valence-corrected chi connectivity index (χ2v) is 6.41. The molecule has 0 fully saturated rings. The number of hydrogen-bond acceptors (Lipinski definition) is 3. The van der Waals surface area contributed by atoms with Crippen LogP contribution in [-0.2, 0) is 9.59 Å². The van der Waals surface area contributed by atoms with Gasteiger partial charge in [0.1, 0.15) is 5.70 Å². The zero-order chi connectivity index (χ0) is 18.8. The highest BCUT2D eigenvalue weighted by Crippen LogP contribution is 2.36. The van der Waals surface area contributed by atoms with E-state index in [9.17, 15) is 9.59 Å². The summed E-state index contributed by atoms with van der Waals surface area (Å²) in [5.74, 6) is -0.839. The molecular weight excluding hydrogens is 360 g/mol. The summed E-state index contributed by atoms with van der Waals surface area (Å²) in [6.07, 6.45) is 0. The zero-order valence-electron chi connectivity index (χ0n) is 14.2. The van der Waals surface area contributed by atoms with Crippen LogP contribution in [0.5, 0.6) is 0 Å². The van der Waals surface area contributed by atoms with E-state index in [0.29, 0.717) is 21.8 Å². The Morgan fingerprint density at radius 2 is 1.30 bits per heavy atom. The van der Waals surface area contributed by atoms with Crippen molar-refractivity contribution < 1.29 is 9.59 Å². The third-order valence-electron chi connectivity index (χ3n) is 4.28. The minimum Gasteiger partial charge on any atom is -0.350 e. The van der Waals surface area contributed by atoms with Crippen LogP contribution in [0.25, 0.3) is 5.57 Å². The molecule has 1 aliphatic heterocycles. The zero-order valence-corrected chi connectivity index (χ0v) is 15.0. The minimum atomic E-state index is -0.434. The fourth-order valence-corrected chi connectivity index (χ4v) is 3.26. The third-order valence-corrected chi connectivity index (χ3v) is 4.60. The van der Waals surface area contributed by atoms with Gasteiger partial charge in [-0.25, -0.2) is 4.90 Å². The van der Waals surface area contributed by atoms with E-state index in [1.165, 1.54) is 0 Å². The lowest BCUT2D eigenvalue weighted by Gasteiger charge is -2.16. The Bertz CT molecular complexity index is 1050. The Morgan fingerprint density at radius 1 is 0.704 bits per heavy atom. The van der Waals surface area contributed by atoms with Crippen molar-refractivity contribution in [2.24, 2.45) is 0 Å². The standard InChI is InChI=1S/C22H15ClN2O2/c23-17-13-7-8-14-18(17)25-21(26)19(15-9-3-1-4-10-15)20(22(25)27)24-16-11-5-2-6-12-16/h1-14,24H.